The molecule has 1 aliphatic heterocycles. The monoisotopic (exact) mass is 202 g/mol. The van der Waals surface area contributed by atoms with Gasteiger partial charge < -0.3 is 20.5 Å². The lowest BCUT2D eigenvalue weighted by atomic mass is 10.2. The number of hydrogen-bond acceptors (Lipinski definition) is 4. The van der Waals surface area contributed by atoms with Gasteiger partial charge in [0, 0.05) is 13.1 Å². The van der Waals surface area contributed by atoms with E-state index in [0.717, 1.165) is 0 Å². The first-order valence-corrected chi connectivity index (χ1v) is 4.45. The molecule has 0 aromatic rings. The van der Waals surface area contributed by atoms with E-state index in [2.05, 4.69) is 0 Å². The summed E-state index contributed by atoms with van der Waals surface area (Å²) in [7, 11) is 0. The van der Waals surface area contributed by atoms with Crippen LogP contribution < -0.4 is 5.73 Å². The second-order valence-corrected chi connectivity index (χ2v) is 3.14. The minimum absolute atomic E-state index is 0.310. The standard InChI is InChI=1S/C8H14N2O4/c9-6(5-7(11)12)8(13)10-1-3-14-4-2-10/h6H,1-5,9H2,(H,11,12). The summed E-state index contributed by atoms with van der Waals surface area (Å²) >= 11 is 0. The van der Waals surface area contributed by atoms with Crippen LogP contribution in [0.3, 0.4) is 0 Å². The number of rotatable bonds is 3. The second kappa shape index (κ2) is 4.92. The Bertz CT molecular complexity index is 225. The summed E-state index contributed by atoms with van der Waals surface area (Å²) in [5.41, 5.74) is 5.44. The number of carboxylic acid groups (broad SMARTS) is 1. The molecule has 6 nitrogen and oxygen atoms in total. The van der Waals surface area contributed by atoms with Gasteiger partial charge in [-0.25, -0.2) is 0 Å². The van der Waals surface area contributed by atoms with Gasteiger partial charge in [-0.15, -0.1) is 0 Å². The van der Waals surface area contributed by atoms with Crippen LogP contribution >= 0.6 is 0 Å². The lowest BCUT2D eigenvalue weighted by molar-refractivity contribution is -0.143. The molecule has 1 aliphatic rings. The number of morpholine rings is 1. The molecule has 6 heteroatoms. The maximum atomic E-state index is 11.5. The molecule has 0 bridgehead atoms. The lowest BCUT2D eigenvalue weighted by Crippen LogP contribution is -2.49. The summed E-state index contributed by atoms with van der Waals surface area (Å²) in [5.74, 6) is -1.37. The number of amides is 1. The third-order valence-corrected chi connectivity index (χ3v) is 2.03. The van der Waals surface area contributed by atoms with Crippen molar-refractivity contribution in [3.05, 3.63) is 0 Å². The minimum Gasteiger partial charge on any atom is -0.481 e. The Hall–Kier alpha value is -1.14. The highest BCUT2D eigenvalue weighted by Crippen LogP contribution is 2.01. The molecule has 0 aliphatic carbocycles. The van der Waals surface area contributed by atoms with Gasteiger partial charge in [0.15, 0.2) is 0 Å². The Balaban J connectivity index is 2.42. The van der Waals surface area contributed by atoms with Gasteiger partial charge >= 0.3 is 5.97 Å². The fraction of sp³-hybridized carbons (Fsp3) is 0.750. The van der Waals surface area contributed by atoms with Crippen LogP contribution in [0.25, 0.3) is 0 Å². The number of carbonyl (C=O) groups excluding carboxylic acids is 1. The van der Waals surface area contributed by atoms with Crippen molar-refractivity contribution in [1.29, 1.82) is 0 Å². The molecule has 3 N–H and O–H groups in total. The number of carbonyl (C=O) groups is 2. The van der Waals surface area contributed by atoms with E-state index in [1.165, 1.54) is 4.90 Å². The molecule has 1 amide bonds. The highest BCUT2D eigenvalue weighted by molar-refractivity contribution is 5.86. The zero-order chi connectivity index (χ0) is 10.6. The van der Waals surface area contributed by atoms with Gasteiger partial charge in [-0.3, -0.25) is 9.59 Å². The van der Waals surface area contributed by atoms with Crippen molar-refractivity contribution in [3.63, 3.8) is 0 Å². The van der Waals surface area contributed by atoms with E-state index in [9.17, 15) is 9.59 Å². The second-order valence-electron chi connectivity index (χ2n) is 3.14. The Morgan fingerprint density at radius 2 is 2.00 bits per heavy atom. The van der Waals surface area contributed by atoms with E-state index in [1.54, 1.807) is 0 Å². The number of hydrogen-bond donors (Lipinski definition) is 2. The van der Waals surface area contributed by atoms with Crippen molar-refractivity contribution >= 4 is 11.9 Å². The number of aliphatic carboxylic acids is 1. The van der Waals surface area contributed by atoms with Crippen molar-refractivity contribution in [2.75, 3.05) is 26.3 Å². The molecule has 0 spiro atoms. The molecule has 0 saturated carbocycles. The molecule has 1 saturated heterocycles. The Morgan fingerprint density at radius 1 is 1.43 bits per heavy atom. The summed E-state index contributed by atoms with van der Waals surface area (Å²) in [6, 6.07) is -0.939. The quantitative estimate of drug-likeness (QED) is 0.590. The average Bonchev–Trinajstić information content (AvgIpc) is 2.17. The molecule has 1 fully saturated rings. The Kier molecular flexibility index (Phi) is 3.84. The van der Waals surface area contributed by atoms with Crippen LogP contribution in [0.1, 0.15) is 6.42 Å². The van der Waals surface area contributed by atoms with Crippen LogP contribution in [0.4, 0.5) is 0 Å². The van der Waals surface area contributed by atoms with Crippen LogP contribution in [0.2, 0.25) is 0 Å². The Labute approximate surface area is 81.6 Å². The Morgan fingerprint density at radius 3 is 2.50 bits per heavy atom. The fourth-order valence-corrected chi connectivity index (χ4v) is 1.29. The number of nitrogens with two attached hydrogens (primary N) is 1. The first kappa shape index (κ1) is 10.9. The maximum absolute atomic E-state index is 11.5. The zero-order valence-corrected chi connectivity index (χ0v) is 7.81. The van der Waals surface area contributed by atoms with Gasteiger partial charge in [0.1, 0.15) is 0 Å². The van der Waals surface area contributed by atoms with Gasteiger partial charge in [-0.2, -0.15) is 0 Å². The van der Waals surface area contributed by atoms with Crippen molar-refractivity contribution in [1.82, 2.24) is 4.90 Å². The summed E-state index contributed by atoms with van der Waals surface area (Å²) in [4.78, 5) is 23.4. The maximum Gasteiger partial charge on any atom is 0.305 e. The SMILES string of the molecule is NC(CC(=O)O)C(=O)N1CCOCC1. The van der Waals surface area contributed by atoms with Crippen LogP contribution in [0.5, 0.6) is 0 Å². The van der Waals surface area contributed by atoms with Crippen LogP contribution in [-0.4, -0.2) is 54.2 Å². The van der Waals surface area contributed by atoms with E-state index in [0.29, 0.717) is 26.3 Å². The van der Waals surface area contributed by atoms with Gasteiger partial charge in [-0.1, -0.05) is 0 Å². The van der Waals surface area contributed by atoms with Crippen LogP contribution in [-0.2, 0) is 14.3 Å². The lowest BCUT2D eigenvalue weighted by Gasteiger charge is -2.28. The predicted molar refractivity (Wildman–Crippen MR) is 47.6 cm³/mol. The molecular weight excluding hydrogens is 188 g/mol. The number of ether oxygens (including phenoxy) is 1. The van der Waals surface area contributed by atoms with Crippen molar-refractivity contribution in [2.45, 2.75) is 12.5 Å². The first-order valence-electron chi connectivity index (χ1n) is 4.45. The number of carboxylic acids is 1. The van der Waals surface area contributed by atoms with E-state index in [1.807, 2.05) is 0 Å². The third kappa shape index (κ3) is 2.97. The summed E-state index contributed by atoms with van der Waals surface area (Å²) in [6.45, 7) is 1.97. The third-order valence-electron chi connectivity index (χ3n) is 2.03. The molecule has 1 heterocycles. The highest BCUT2D eigenvalue weighted by Gasteiger charge is 2.24. The van der Waals surface area contributed by atoms with Crippen molar-refractivity contribution in [3.8, 4) is 0 Å². The van der Waals surface area contributed by atoms with E-state index < -0.39 is 12.0 Å². The average molecular weight is 202 g/mol. The van der Waals surface area contributed by atoms with E-state index in [-0.39, 0.29) is 12.3 Å². The number of nitrogens with zero attached hydrogens (tertiary/aromatic N) is 1. The molecule has 0 radical (unpaired) electrons. The predicted octanol–water partition coefficient (Wildman–Crippen LogP) is -1.35. The van der Waals surface area contributed by atoms with Gasteiger partial charge in [-0.05, 0) is 0 Å². The molecular formula is C8H14N2O4. The molecule has 1 rings (SSSR count). The topological polar surface area (TPSA) is 92.9 Å². The van der Waals surface area contributed by atoms with Gasteiger partial charge in [0.25, 0.3) is 0 Å². The normalized spacial score (nSPS) is 19.1. The van der Waals surface area contributed by atoms with E-state index in [4.69, 9.17) is 15.6 Å². The van der Waals surface area contributed by atoms with Gasteiger partial charge in [0.05, 0.1) is 25.7 Å². The van der Waals surface area contributed by atoms with Crippen LogP contribution in [0.15, 0.2) is 0 Å². The minimum atomic E-state index is -1.06. The fourth-order valence-electron chi connectivity index (χ4n) is 1.29. The summed E-state index contributed by atoms with van der Waals surface area (Å²) in [5, 5.41) is 8.46. The smallest absolute Gasteiger partial charge is 0.305 e. The summed E-state index contributed by atoms with van der Waals surface area (Å²) < 4.78 is 5.06. The van der Waals surface area contributed by atoms with E-state index >= 15 is 0 Å². The molecule has 0 aromatic carbocycles. The molecule has 14 heavy (non-hydrogen) atoms. The summed E-state index contributed by atoms with van der Waals surface area (Å²) in [6.07, 6.45) is -0.323. The zero-order valence-electron chi connectivity index (χ0n) is 7.81. The molecule has 1 atom stereocenters. The molecule has 80 valence electrons. The van der Waals surface area contributed by atoms with Crippen molar-refractivity contribution in [2.24, 2.45) is 5.73 Å². The largest absolute Gasteiger partial charge is 0.481 e. The first-order chi connectivity index (χ1) is 6.61. The van der Waals surface area contributed by atoms with Crippen molar-refractivity contribution < 1.29 is 19.4 Å². The highest BCUT2D eigenvalue weighted by atomic mass is 16.5. The molecule has 0 aromatic heterocycles. The molecule has 1 unspecified atom stereocenters. The van der Waals surface area contributed by atoms with Gasteiger partial charge in [0.2, 0.25) is 5.91 Å². The van der Waals surface area contributed by atoms with Crippen LogP contribution in [0, 0.1) is 0 Å².